The molecule has 58 valence electrons. The van der Waals surface area contributed by atoms with E-state index in [9.17, 15) is 0 Å². The van der Waals surface area contributed by atoms with E-state index in [1.807, 2.05) is 12.1 Å². The van der Waals surface area contributed by atoms with Crippen molar-refractivity contribution in [1.29, 1.82) is 10.5 Å². The van der Waals surface area contributed by atoms with E-state index < -0.39 is 0 Å². The van der Waals surface area contributed by atoms with Gasteiger partial charge in [-0.3, -0.25) is 5.01 Å². The van der Waals surface area contributed by atoms with Crippen LogP contribution in [0.4, 0.5) is 0 Å². The van der Waals surface area contributed by atoms with Crippen LogP contribution < -0.4 is 0 Å². The molecule has 0 saturated heterocycles. The molecule has 0 aliphatic rings. The Kier molecular flexibility index (Phi) is 5.64. The smallest absolute Gasteiger partial charge is 0.0641 e. The summed E-state index contributed by atoms with van der Waals surface area (Å²) >= 11 is 0. The Morgan fingerprint density at radius 3 is 1.91 bits per heavy atom. The monoisotopic (exact) mass is 150 g/mol. The molecule has 4 nitrogen and oxygen atoms in total. The maximum Gasteiger partial charge on any atom is 0.0641 e. The van der Waals surface area contributed by atoms with Gasteiger partial charge in [-0.05, 0) is 0 Å². The molecule has 0 spiro atoms. The number of hydrogen-bond acceptors (Lipinski definition) is 4. The lowest BCUT2D eigenvalue weighted by Gasteiger charge is -2.13. The van der Waals surface area contributed by atoms with Crippen molar-refractivity contribution in [3.8, 4) is 12.1 Å². The van der Waals surface area contributed by atoms with Crippen molar-refractivity contribution in [3.05, 3.63) is 0 Å². The quantitative estimate of drug-likeness (QED) is 0.428. The zero-order chi connectivity index (χ0) is 8.53. The van der Waals surface area contributed by atoms with E-state index in [2.05, 4.69) is 11.8 Å². The largest absolute Gasteiger partial charge is 0.296 e. The molecular formula is C7H10N4. The van der Waals surface area contributed by atoms with Gasteiger partial charge >= 0.3 is 0 Å². The molecule has 0 atom stereocenters. The molecule has 11 heavy (non-hydrogen) atoms. The van der Waals surface area contributed by atoms with Crippen LogP contribution in [-0.2, 0) is 0 Å². The molecule has 0 aromatic heterocycles. The Bertz CT molecular complexity index is 168. The molecule has 0 aromatic rings. The Labute approximate surface area is 66.3 Å². The Balaban J connectivity index is 3.52. The van der Waals surface area contributed by atoms with Crippen LogP contribution in [-0.4, -0.2) is 24.8 Å². The predicted molar refractivity (Wildman–Crippen MR) is 41.6 cm³/mol. The zero-order valence-corrected chi connectivity index (χ0v) is 6.32. The number of hydrogen-bond donors (Lipinski definition) is 0. The Morgan fingerprint density at radius 1 is 1.18 bits per heavy atom. The van der Waals surface area contributed by atoms with Crippen LogP contribution in [0.25, 0.3) is 0 Å². The highest BCUT2D eigenvalue weighted by Gasteiger charge is 1.96. The summed E-state index contributed by atoms with van der Waals surface area (Å²) in [7, 11) is 0. The average molecular weight is 150 g/mol. The van der Waals surface area contributed by atoms with Crippen molar-refractivity contribution < 1.29 is 0 Å². The van der Waals surface area contributed by atoms with Crippen LogP contribution in [0.5, 0.6) is 0 Å². The fourth-order valence-electron chi connectivity index (χ4n) is 0.611. The molecule has 0 aromatic carbocycles. The molecular weight excluding hydrogens is 140 g/mol. The van der Waals surface area contributed by atoms with E-state index in [4.69, 9.17) is 10.5 Å². The summed E-state index contributed by atoms with van der Waals surface area (Å²) in [5.41, 5.74) is 0. The summed E-state index contributed by atoms with van der Waals surface area (Å²) in [6, 6.07) is 3.99. The topological polar surface area (TPSA) is 63.2 Å². The molecule has 0 N–H and O–H groups in total. The van der Waals surface area contributed by atoms with E-state index in [-0.39, 0.29) is 0 Å². The predicted octanol–water partition coefficient (Wildman–Crippen LogP) is 0.731. The van der Waals surface area contributed by atoms with E-state index in [1.165, 1.54) is 0 Å². The van der Waals surface area contributed by atoms with Gasteiger partial charge < -0.3 is 0 Å². The second-order valence-corrected chi connectivity index (χ2v) is 1.91. The van der Waals surface area contributed by atoms with Gasteiger partial charge in [0, 0.05) is 19.8 Å². The van der Waals surface area contributed by atoms with E-state index in [0.29, 0.717) is 25.9 Å². The normalized spacial score (nSPS) is 7.82. The van der Waals surface area contributed by atoms with Gasteiger partial charge in [-0.2, -0.15) is 15.6 Å². The van der Waals surface area contributed by atoms with Gasteiger partial charge in [0.2, 0.25) is 0 Å². The molecule has 0 heterocycles. The van der Waals surface area contributed by atoms with Gasteiger partial charge in [0.25, 0.3) is 0 Å². The lowest BCUT2D eigenvalue weighted by molar-refractivity contribution is 0.305. The van der Waals surface area contributed by atoms with Gasteiger partial charge in [-0.25, -0.2) is 0 Å². The number of nitriles is 2. The summed E-state index contributed by atoms with van der Waals surface area (Å²) in [5.74, 6) is 0. The van der Waals surface area contributed by atoms with Crippen LogP contribution >= 0.6 is 0 Å². The molecule has 0 amide bonds. The van der Waals surface area contributed by atoms with Gasteiger partial charge in [0.05, 0.1) is 25.0 Å². The highest BCUT2D eigenvalue weighted by molar-refractivity contribution is 5.22. The summed E-state index contributed by atoms with van der Waals surface area (Å²) in [6.45, 7) is 4.44. The number of rotatable bonds is 5. The van der Waals surface area contributed by atoms with Crippen LogP contribution in [0.2, 0.25) is 0 Å². The number of hydrazone groups is 1. The molecule has 4 heteroatoms. The summed E-state index contributed by atoms with van der Waals surface area (Å²) in [5, 5.41) is 21.7. The first-order valence-electron chi connectivity index (χ1n) is 3.30. The highest BCUT2D eigenvalue weighted by atomic mass is 15.4. The Morgan fingerprint density at radius 2 is 1.64 bits per heavy atom. The standard InChI is InChI=1S/C7H10N4/c1-10-11(6-2-4-8)7-3-5-9/h1-3,6-7H2. The zero-order valence-electron chi connectivity index (χ0n) is 6.32. The molecule has 0 bridgehead atoms. The molecule has 0 saturated carbocycles. The molecule has 0 aliphatic carbocycles. The first-order chi connectivity index (χ1) is 5.35. The lowest BCUT2D eigenvalue weighted by atomic mass is 10.4. The minimum atomic E-state index is 0.421. The molecule has 0 rings (SSSR count). The van der Waals surface area contributed by atoms with E-state index >= 15 is 0 Å². The van der Waals surface area contributed by atoms with Crippen molar-refractivity contribution >= 4 is 6.72 Å². The van der Waals surface area contributed by atoms with Crippen molar-refractivity contribution in [3.63, 3.8) is 0 Å². The summed E-state index contributed by atoms with van der Waals surface area (Å²) in [6.07, 6.45) is 0.842. The van der Waals surface area contributed by atoms with Crippen LogP contribution in [0.15, 0.2) is 5.10 Å². The molecule has 0 unspecified atom stereocenters. The van der Waals surface area contributed by atoms with Crippen molar-refractivity contribution in [2.75, 3.05) is 13.1 Å². The Hall–Kier alpha value is -1.55. The third-order valence-corrected chi connectivity index (χ3v) is 1.16. The second-order valence-electron chi connectivity index (χ2n) is 1.91. The van der Waals surface area contributed by atoms with Gasteiger partial charge in [0.15, 0.2) is 0 Å². The minimum Gasteiger partial charge on any atom is -0.296 e. The van der Waals surface area contributed by atoms with Gasteiger partial charge in [-0.15, -0.1) is 0 Å². The molecule has 0 radical (unpaired) electrons. The highest BCUT2D eigenvalue weighted by Crippen LogP contribution is 1.92. The first kappa shape index (κ1) is 9.45. The fourth-order valence-corrected chi connectivity index (χ4v) is 0.611. The van der Waals surface area contributed by atoms with Crippen molar-refractivity contribution in [2.24, 2.45) is 5.10 Å². The van der Waals surface area contributed by atoms with Crippen molar-refractivity contribution in [2.45, 2.75) is 12.8 Å². The number of nitrogens with zero attached hydrogens (tertiary/aromatic N) is 4. The van der Waals surface area contributed by atoms with Gasteiger partial charge in [-0.1, -0.05) is 0 Å². The van der Waals surface area contributed by atoms with E-state index in [1.54, 1.807) is 5.01 Å². The SMILES string of the molecule is C=NN(CCC#N)CCC#N. The van der Waals surface area contributed by atoms with Gasteiger partial charge in [0.1, 0.15) is 0 Å². The fraction of sp³-hybridized carbons (Fsp3) is 0.571. The minimum absolute atomic E-state index is 0.421. The third kappa shape index (κ3) is 4.92. The van der Waals surface area contributed by atoms with Crippen molar-refractivity contribution in [1.82, 2.24) is 5.01 Å². The summed E-state index contributed by atoms with van der Waals surface area (Å²) < 4.78 is 0. The van der Waals surface area contributed by atoms with E-state index in [0.717, 1.165) is 0 Å². The lowest BCUT2D eigenvalue weighted by Crippen LogP contribution is -2.18. The van der Waals surface area contributed by atoms with Crippen LogP contribution in [0.1, 0.15) is 12.8 Å². The van der Waals surface area contributed by atoms with Crippen LogP contribution in [0.3, 0.4) is 0 Å². The average Bonchev–Trinajstić information content (AvgIpc) is 2.05. The second kappa shape index (κ2) is 6.57. The maximum atomic E-state index is 8.23. The van der Waals surface area contributed by atoms with Crippen LogP contribution in [0, 0.1) is 22.7 Å². The molecule has 0 fully saturated rings. The first-order valence-corrected chi connectivity index (χ1v) is 3.30. The molecule has 0 aliphatic heterocycles. The summed E-state index contributed by atoms with van der Waals surface area (Å²) in [4.78, 5) is 0. The third-order valence-electron chi connectivity index (χ3n) is 1.16. The maximum absolute atomic E-state index is 8.23.